The van der Waals surface area contributed by atoms with E-state index in [0.29, 0.717) is 0 Å². The third-order valence-corrected chi connectivity index (χ3v) is 2.52. The smallest absolute Gasteiger partial charge is 0.327 e. The highest BCUT2D eigenvalue weighted by Crippen LogP contribution is 2.14. The Morgan fingerprint density at radius 2 is 2.14 bits per heavy atom. The number of thioether (sulfide) groups is 1. The Kier molecular flexibility index (Phi) is 6.78. The maximum atomic E-state index is 10.6. The molecule has 0 aromatic rings. The highest BCUT2D eigenvalue weighted by Gasteiger charge is 2.17. The summed E-state index contributed by atoms with van der Waals surface area (Å²) in [6.45, 7) is 1.25. The normalized spacial score (nSPS) is 11.6. The van der Waals surface area contributed by atoms with E-state index in [4.69, 9.17) is 28.3 Å². The monoisotopic (exact) mass is 257 g/mol. The zero-order valence-corrected chi connectivity index (χ0v) is 9.62. The molecule has 0 saturated carbocycles. The van der Waals surface area contributed by atoms with E-state index < -0.39 is 12.0 Å². The van der Waals surface area contributed by atoms with E-state index in [1.165, 1.54) is 12.3 Å². The average Bonchev–Trinajstić information content (AvgIpc) is 2.00. The second-order valence-corrected chi connectivity index (χ2v) is 4.24. The van der Waals surface area contributed by atoms with Gasteiger partial charge in [-0.2, -0.15) is 0 Å². The lowest BCUT2D eigenvalue weighted by Crippen LogP contribution is -2.41. The van der Waals surface area contributed by atoms with Crippen LogP contribution in [0.2, 0.25) is 0 Å². The van der Waals surface area contributed by atoms with Gasteiger partial charge in [0.05, 0.1) is 0 Å². The summed E-state index contributed by atoms with van der Waals surface area (Å²) in [5, 5.41) is 12.4. The first-order valence-corrected chi connectivity index (χ1v) is 5.36. The molecular formula is C7H9Cl2NO3S. The fourth-order valence-electron chi connectivity index (χ4n) is 0.627. The molecule has 0 unspecified atom stereocenters. The van der Waals surface area contributed by atoms with E-state index in [0.717, 1.165) is 11.8 Å². The summed E-state index contributed by atoms with van der Waals surface area (Å²) >= 11 is 11.8. The van der Waals surface area contributed by atoms with Gasteiger partial charge in [-0.05, 0) is 0 Å². The van der Waals surface area contributed by atoms with Gasteiger partial charge in [-0.15, -0.1) is 11.8 Å². The maximum absolute atomic E-state index is 10.6. The van der Waals surface area contributed by atoms with Crippen molar-refractivity contribution in [2.45, 2.75) is 13.0 Å². The van der Waals surface area contributed by atoms with E-state index >= 15 is 0 Å². The highest BCUT2D eigenvalue weighted by atomic mass is 35.5. The molecule has 0 rings (SSSR count). The summed E-state index contributed by atoms with van der Waals surface area (Å²) in [4.78, 5) is 21.2. The third-order valence-electron chi connectivity index (χ3n) is 1.11. The molecule has 0 saturated heterocycles. The van der Waals surface area contributed by atoms with E-state index in [1.807, 2.05) is 0 Å². The summed E-state index contributed by atoms with van der Waals surface area (Å²) < 4.78 is 0.0574. The summed E-state index contributed by atoms with van der Waals surface area (Å²) in [5.74, 6) is -1.30. The lowest BCUT2D eigenvalue weighted by molar-refractivity contribution is -0.140. The van der Waals surface area contributed by atoms with Gasteiger partial charge in [0.1, 0.15) is 10.5 Å². The molecule has 1 atom stereocenters. The van der Waals surface area contributed by atoms with E-state index in [1.54, 1.807) is 0 Å². The molecule has 0 aromatic carbocycles. The van der Waals surface area contributed by atoms with Crippen molar-refractivity contribution in [3.63, 3.8) is 0 Å². The summed E-state index contributed by atoms with van der Waals surface area (Å²) in [6.07, 6.45) is 0. The van der Waals surface area contributed by atoms with Crippen LogP contribution in [0.1, 0.15) is 6.92 Å². The lowest BCUT2D eigenvalue weighted by Gasteiger charge is -2.10. The quantitative estimate of drug-likeness (QED) is 0.785. The molecule has 7 heteroatoms. The molecule has 2 N–H and O–H groups in total. The Morgan fingerprint density at radius 1 is 1.57 bits per heavy atom. The standard InChI is InChI=1S/C7H9Cl2NO3S/c1-4(11)10-5(7(12)13)2-14-3-6(8)9/h3,5H,2H2,1H3,(H,10,11)(H,12,13)/t5-/m1/s1. The molecule has 1 amide bonds. The van der Waals surface area contributed by atoms with Gasteiger partial charge in [0.2, 0.25) is 5.91 Å². The van der Waals surface area contributed by atoms with Crippen LogP contribution < -0.4 is 5.32 Å². The summed E-state index contributed by atoms with van der Waals surface area (Å²) in [6, 6.07) is -0.929. The van der Waals surface area contributed by atoms with E-state index in [-0.39, 0.29) is 16.2 Å². The second kappa shape index (κ2) is 6.98. The van der Waals surface area contributed by atoms with Gasteiger partial charge in [0.15, 0.2) is 0 Å². The summed E-state index contributed by atoms with van der Waals surface area (Å²) in [7, 11) is 0. The number of carboxylic acids is 1. The van der Waals surface area contributed by atoms with Crippen LogP contribution in [0.15, 0.2) is 9.90 Å². The molecule has 0 radical (unpaired) electrons. The maximum Gasteiger partial charge on any atom is 0.327 e. The third kappa shape index (κ3) is 7.06. The number of hydrogen-bond donors (Lipinski definition) is 2. The van der Waals surface area contributed by atoms with Crippen LogP contribution in [0.3, 0.4) is 0 Å². The molecule has 14 heavy (non-hydrogen) atoms. The van der Waals surface area contributed by atoms with Gasteiger partial charge in [-0.3, -0.25) is 4.79 Å². The number of rotatable bonds is 5. The molecule has 0 fully saturated rings. The largest absolute Gasteiger partial charge is 0.480 e. The topological polar surface area (TPSA) is 66.4 Å². The van der Waals surface area contributed by atoms with Gasteiger partial charge >= 0.3 is 5.97 Å². The molecular weight excluding hydrogens is 249 g/mol. The Morgan fingerprint density at radius 3 is 2.50 bits per heavy atom. The fourth-order valence-corrected chi connectivity index (χ4v) is 1.65. The number of amides is 1. The van der Waals surface area contributed by atoms with Gasteiger partial charge in [0.25, 0.3) is 0 Å². The van der Waals surface area contributed by atoms with Crippen molar-refractivity contribution in [1.29, 1.82) is 0 Å². The zero-order valence-electron chi connectivity index (χ0n) is 7.29. The van der Waals surface area contributed by atoms with Crippen LogP contribution in [0.5, 0.6) is 0 Å². The zero-order chi connectivity index (χ0) is 11.1. The number of carbonyl (C=O) groups excluding carboxylic acids is 1. The number of hydrogen-bond acceptors (Lipinski definition) is 3. The van der Waals surface area contributed by atoms with Gasteiger partial charge < -0.3 is 10.4 Å². The van der Waals surface area contributed by atoms with Crippen molar-refractivity contribution in [2.75, 3.05) is 5.75 Å². The minimum absolute atomic E-state index is 0.0574. The van der Waals surface area contributed by atoms with Crippen LogP contribution >= 0.6 is 35.0 Å². The van der Waals surface area contributed by atoms with Crippen LogP contribution in [-0.4, -0.2) is 28.8 Å². The highest BCUT2D eigenvalue weighted by molar-refractivity contribution is 8.02. The number of halogens is 2. The Hall–Kier alpha value is -0.390. The minimum atomic E-state index is -1.09. The molecule has 80 valence electrons. The van der Waals surface area contributed by atoms with Crippen LogP contribution in [0.25, 0.3) is 0 Å². The fraction of sp³-hybridized carbons (Fsp3) is 0.429. The minimum Gasteiger partial charge on any atom is -0.480 e. The molecule has 0 bridgehead atoms. The SMILES string of the molecule is CC(=O)N[C@H](CSC=C(Cl)Cl)C(=O)O. The van der Waals surface area contributed by atoms with E-state index in [9.17, 15) is 9.59 Å². The molecule has 0 aliphatic rings. The Balaban J connectivity index is 4.04. The van der Waals surface area contributed by atoms with Crippen molar-refractivity contribution >= 4 is 46.8 Å². The molecule has 0 aliphatic heterocycles. The van der Waals surface area contributed by atoms with Crippen LogP contribution in [-0.2, 0) is 9.59 Å². The van der Waals surface area contributed by atoms with Crippen LogP contribution in [0, 0.1) is 0 Å². The molecule has 0 aromatic heterocycles. The van der Waals surface area contributed by atoms with Crippen molar-refractivity contribution in [1.82, 2.24) is 5.32 Å². The Bertz CT molecular complexity index is 253. The van der Waals surface area contributed by atoms with Crippen LogP contribution in [0.4, 0.5) is 0 Å². The van der Waals surface area contributed by atoms with Crippen molar-refractivity contribution < 1.29 is 14.7 Å². The number of aliphatic carboxylic acids is 1. The average molecular weight is 258 g/mol. The summed E-state index contributed by atoms with van der Waals surface area (Å²) in [5.41, 5.74) is 0. The van der Waals surface area contributed by atoms with Gasteiger partial charge in [-0.1, -0.05) is 23.2 Å². The molecule has 4 nitrogen and oxygen atoms in total. The molecule has 0 heterocycles. The van der Waals surface area contributed by atoms with Crippen molar-refractivity contribution in [3.8, 4) is 0 Å². The second-order valence-electron chi connectivity index (χ2n) is 2.33. The first-order chi connectivity index (χ1) is 6.43. The predicted molar refractivity (Wildman–Crippen MR) is 57.5 cm³/mol. The van der Waals surface area contributed by atoms with Gasteiger partial charge in [-0.25, -0.2) is 4.79 Å². The number of carbonyl (C=O) groups is 2. The van der Waals surface area contributed by atoms with Gasteiger partial charge in [0, 0.05) is 18.1 Å². The molecule has 0 aliphatic carbocycles. The predicted octanol–water partition coefficient (Wildman–Crippen LogP) is 1.59. The molecule has 0 spiro atoms. The number of carboxylic acid groups (broad SMARTS) is 1. The first-order valence-electron chi connectivity index (χ1n) is 3.56. The lowest BCUT2D eigenvalue weighted by atomic mass is 10.3. The Labute approximate surface area is 95.6 Å². The van der Waals surface area contributed by atoms with E-state index in [2.05, 4.69) is 5.32 Å². The number of nitrogens with one attached hydrogen (secondary N) is 1. The van der Waals surface area contributed by atoms with Crippen molar-refractivity contribution in [3.05, 3.63) is 9.90 Å². The van der Waals surface area contributed by atoms with Crippen molar-refractivity contribution in [2.24, 2.45) is 0 Å². The first kappa shape index (κ1) is 13.6.